The molecule has 1 heterocycles. The number of aryl methyl sites for hydroxylation is 1. The van der Waals surface area contributed by atoms with Gasteiger partial charge < -0.3 is 15.3 Å². The first kappa shape index (κ1) is 14.9. The first-order chi connectivity index (χ1) is 10.0. The monoisotopic (exact) mass is 288 g/mol. The molecule has 1 aromatic carbocycles. The number of aliphatic hydroxyl groups is 1. The molecule has 0 radical (unpaired) electrons. The second kappa shape index (κ2) is 5.98. The molecule has 0 aromatic heterocycles. The van der Waals surface area contributed by atoms with Crippen LogP contribution in [0, 0.1) is 18.8 Å². The van der Waals surface area contributed by atoms with Crippen LogP contribution in [-0.2, 0) is 6.54 Å². The molecule has 21 heavy (non-hydrogen) atoms. The molecule has 2 fully saturated rings. The van der Waals surface area contributed by atoms with Crippen LogP contribution in [0.2, 0.25) is 0 Å². The van der Waals surface area contributed by atoms with Gasteiger partial charge in [0.1, 0.15) is 0 Å². The first-order valence-electron chi connectivity index (χ1n) is 8.30. The average molecular weight is 288 g/mol. The van der Waals surface area contributed by atoms with E-state index in [-0.39, 0.29) is 6.10 Å². The van der Waals surface area contributed by atoms with Gasteiger partial charge in [0.2, 0.25) is 0 Å². The number of nitrogens with one attached hydrogen (secondary N) is 1. The van der Waals surface area contributed by atoms with Gasteiger partial charge in [-0.05, 0) is 42.9 Å². The Morgan fingerprint density at radius 1 is 1.29 bits per heavy atom. The van der Waals surface area contributed by atoms with Crippen molar-refractivity contribution in [3.63, 3.8) is 0 Å². The fourth-order valence-electron chi connectivity index (χ4n) is 3.94. The minimum absolute atomic E-state index is 0.0742. The lowest BCUT2D eigenvalue weighted by Crippen LogP contribution is -2.25. The van der Waals surface area contributed by atoms with Gasteiger partial charge in [-0.25, -0.2) is 0 Å². The lowest BCUT2D eigenvalue weighted by molar-refractivity contribution is 0.133. The number of fused-ring (bicyclic) bond motifs is 1. The van der Waals surface area contributed by atoms with Crippen LogP contribution in [0.25, 0.3) is 0 Å². The number of nitrogens with zero attached hydrogens (tertiary/aromatic N) is 1. The molecular formula is C18H28N2O. The molecule has 1 aliphatic carbocycles. The fourth-order valence-corrected chi connectivity index (χ4v) is 3.94. The molecule has 3 atom stereocenters. The third kappa shape index (κ3) is 3.09. The van der Waals surface area contributed by atoms with Crippen LogP contribution in [-0.4, -0.2) is 30.3 Å². The molecule has 3 heteroatoms. The summed E-state index contributed by atoms with van der Waals surface area (Å²) in [4.78, 5) is 2.48. The third-order valence-electron chi connectivity index (χ3n) is 5.14. The second-order valence-corrected chi connectivity index (χ2v) is 7.13. The topological polar surface area (TPSA) is 35.5 Å². The summed E-state index contributed by atoms with van der Waals surface area (Å²) in [6, 6.07) is 7.32. The van der Waals surface area contributed by atoms with Gasteiger partial charge in [-0.2, -0.15) is 0 Å². The van der Waals surface area contributed by atoms with Crippen LogP contribution in [0.1, 0.15) is 37.8 Å². The molecule has 3 nitrogen and oxygen atoms in total. The Balaban J connectivity index is 1.69. The van der Waals surface area contributed by atoms with Crippen molar-refractivity contribution >= 4 is 5.69 Å². The number of aliphatic hydroxyl groups excluding tert-OH is 1. The molecule has 1 saturated heterocycles. The second-order valence-electron chi connectivity index (χ2n) is 7.13. The van der Waals surface area contributed by atoms with E-state index in [9.17, 15) is 5.11 Å². The van der Waals surface area contributed by atoms with Gasteiger partial charge in [0.05, 0.1) is 6.10 Å². The number of hydrogen-bond donors (Lipinski definition) is 2. The molecule has 0 bridgehead atoms. The third-order valence-corrected chi connectivity index (χ3v) is 5.14. The van der Waals surface area contributed by atoms with Crippen LogP contribution < -0.4 is 10.2 Å². The van der Waals surface area contributed by atoms with E-state index < -0.39 is 0 Å². The van der Waals surface area contributed by atoms with Gasteiger partial charge >= 0.3 is 0 Å². The summed E-state index contributed by atoms with van der Waals surface area (Å²) in [6.07, 6.45) is 2.12. The lowest BCUT2D eigenvalue weighted by Gasteiger charge is -2.23. The molecule has 1 aliphatic heterocycles. The summed E-state index contributed by atoms with van der Waals surface area (Å²) in [7, 11) is 0. The van der Waals surface area contributed by atoms with Crippen molar-refractivity contribution in [2.45, 2.75) is 52.3 Å². The average Bonchev–Trinajstić information content (AvgIpc) is 2.99. The molecule has 0 amide bonds. The highest BCUT2D eigenvalue weighted by Crippen LogP contribution is 2.40. The minimum atomic E-state index is -0.0742. The molecule has 2 N–H and O–H groups in total. The van der Waals surface area contributed by atoms with Crippen molar-refractivity contribution in [1.82, 2.24) is 5.32 Å². The quantitative estimate of drug-likeness (QED) is 0.894. The van der Waals surface area contributed by atoms with Crippen molar-refractivity contribution < 1.29 is 5.11 Å². The molecule has 2 aliphatic rings. The minimum Gasteiger partial charge on any atom is -0.393 e. The van der Waals surface area contributed by atoms with E-state index in [2.05, 4.69) is 49.2 Å². The van der Waals surface area contributed by atoms with E-state index in [0.717, 1.165) is 26.1 Å². The predicted octanol–water partition coefficient (Wildman–Crippen LogP) is 2.70. The molecule has 1 aromatic rings. The highest BCUT2D eigenvalue weighted by Gasteiger charge is 2.42. The molecule has 3 unspecified atom stereocenters. The molecule has 1 saturated carbocycles. The van der Waals surface area contributed by atoms with Crippen LogP contribution in [0.4, 0.5) is 5.69 Å². The zero-order chi connectivity index (χ0) is 15.0. The van der Waals surface area contributed by atoms with Crippen LogP contribution in [0.3, 0.4) is 0 Å². The van der Waals surface area contributed by atoms with Gasteiger partial charge in [-0.15, -0.1) is 0 Å². The SMILES string of the molecule is Cc1cc(CNC(C)C)ccc1N1CC2CCC(O)C2C1. The Morgan fingerprint density at radius 2 is 2.10 bits per heavy atom. The lowest BCUT2D eigenvalue weighted by atomic mass is 10.00. The first-order valence-corrected chi connectivity index (χ1v) is 8.30. The van der Waals surface area contributed by atoms with E-state index in [1.54, 1.807) is 0 Å². The molecule has 116 valence electrons. The fraction of sp³-hybridized carbons (Fsp3) is 0.667. The Hall–Kier alpha value is -1.06. The summed E-state index contributed by atoms with van der Waals surface area (Å²) in [5.74, 6) is 1.19. The van der Waals surface area contributed by atoms with Crippen LogP contribution >= 0.6 is 0 Å². The van der Waals surface area contributed by atoms with Crippen molar-refractivity contribution in [1.29, 1.82) is 0 Å². The standard InChI is InChI=1S/C18H28N2O/c1-12(2)19-9-14-4-6-17(13(3)8-14)20-10-15-5-7-18(21)16(15)11-20/h4,6,8,12,15-16,18-19,21H,5,7,9-11H2,1-3H3. The number of benzene rings is 1. The van der Waals surface area contributed by atoms with Gasteiger partial charge in [0.25, 0.3) is 0 Å². The summed E-state index contributed by atoms with van der Waals surface area (Å²) < 4.78 is 0. The molecule has 3 rings (SSSR count). The highest BCUT2D eigenvalue weighted by atomic mass is 16.3. The Bertz CT molecular complexity index is 500. The maximum Gasteiger partial charge on any atom is 0.0588 e. The van der Waals surface area contributed by atoms with Gasteiger partial charge in [0.15, 0.2) is 0 Å². The van der Waals surface area contributed by atoms with E-state index in [4.69, 9.17) is 0 Å². The van der Waals surface area contributed by atoms with E-state index in [1.807, 2.05) is 0 Å². The summed E-state index contributed by atoms with van der Waals surface area (Å²) in [6.45, 7) is 9.63. The predicted molar refractivity (Wildman–Crippen MR) is 87.6 cm³/mol. The maximum atomic E-state index is 10.1. The van der Waals surface area contributed by atoms with E-state index in [1.165, 1.54) is 23.2 Å². The normalized spacial score (nSPS) is 28.4. The van der Waals surface area contributed by atoms with E-state index >= 15 is 0 Å². The number of hydrogen-bond acceptors (Lipinski definition) is 3. The van der Waals surface area contributed by atoms with Crippen molar-refractivity contribution in [3.05, 3.63) is 29.3 Å². The largest absolute Gasteiger partial charge is 0.393 e. The summed E-state index contributed by atoms with van der Waals surface area (Å²) >= 11 is 0. The zero-order valence-corrected chi connectivity index (χ0v) is 13.5. The summed E-state index contributed by atoms with van der Waals surface area (Å²) in [5, 5.41) is 13.5. The zero-order valence-electron chi connectivity index (χ0n) is 13.5. The summed E-state index contributed by atoms with van der Waals surface area (Å²) in [5.41, 5.74) is 4.06. The van der Waals surface area contributed by atoms with Crippen molar-refractivity contribution in [3.8, 4) is 0 Å². The molecular weight excluding hydrogens is 260 g/mol. The van der Waals surface area contributed by atoms with Gasteiger partial charge in [-0.1, -0.05) is 26.0 Å². The van der Waals surface area contributed by atoms with Crippen LogP contribution in [0.5, 0.6) is 0 Å². The number of rotatable bonds is 4. The van der Waals surface area contributed by atoms with E-state index in [0.29, 0.717) is 17.9 Å². The van der Waals surface area contributed by atoms with Crippen molar-refractivity contribution in [2.75, 3.05) is 18.0 Å². The smallest absolute Gasteiger partial charge is 0.0588 e. The molecule has 0 spiro atoms. The van der Waals surface area contributed by atoms with Crippen LogP contribution in [0.15, 0.2) is 18.2 Å². The number of anilines is 1. The van der Waals surface area contributed by atoms with Gasteiger partial charge in [0, 0.05) is 37.3 Å². The van der Waals surface area contributed by atoms with Crippen molar-refractivity contribution in [2.24, 2.45) is 11.8 Å². The Labute approximate surface area is 128 Å². The van der Waals surface area contributed by atoms with Gasteiger partial charge in [-0.3, -0.25) is 0 Å². The Kier molecular flexibility index (Phi) is 4.23. The Morgan fingerprint density at radius 3 is 2.76 bits per heavy atom. The maximum absolute atomic E-state index is 10.1. The highest BCUT2D eigenvalue weighted by molar-refractivity contribution is 5.55.